The number of amides is 1. The van der Waals surface area contributed by atoms with Crippen LogP contribution in [-0.4, -0.2) is 41.6 Å². The Balaban J connectivity index is 0.00000110. The molecule has 1 aromatic heterocycles. The minimum absolute atomic E-state index is 0. The number of piperazine rings is 1. The quantitative estimate of drug-likeness (QED) is 0.589. The van der Waals surface area contributed by atoms with Gasteiger partial charge in [-0.15, -0.1) is 0 Å². The van der Waals surface area contributed by atoms with E-state index in [0.717, 1.165) is 0 Å². The van der Waals surface area contributed by atoms with Crippen molar-refractivity contribution in [3.05, 3.63) is 23.8 Å². The van der Waals surface area contributed by atoms with Gasteiger partial charge in [-0.25, -0.2) is 4.79 Å². The van der Waals surface area contributed by atoms with Crippen LogP contribution in [-0.2, 0) is 4.79 Å². The van der Waals surface area contributed by atoms with Crippen molar-refractivity contribution in [1.29, 1.82) is 0 Å². The van der Waals surface area contributed by atoms with E-state index in [1.54, 1.807) is 17.0 Å². The number of anilines is 1. The van der Waals surface area contributed by atoms with E-state index in [9.17, 15) is 9.59 Å². The molecule has 1 aromatic carbocycles. The molecule has 8 heteroatoms. The summed E-state index contributed by atoms with van der Waals surface area (Å²) < 4.78 is 5.52. The number of hydrogen-bond acceptors (Lipinski definition) is 5. The second-order valence-electron chi connectivity index (χ2n) is 4.23. The third kappa shape index (κ3) is 2.50. The molecule has 2 N–H and O–H groups in total. The molecule has 0 aliphatic carbocycles. The molecule has 2 heterocycles. The zero-order chi connectivity index (χ0) is 13.4. The smallest absolute Gasteiger partial charge is 1.00 e. The molecule has 0 saturated carbocycles. The maximum atomic E-state index is 11.3. The maximum absolute atomic E-state index is 11.3. The summed E-state index contributed by atoms with van der Waals surface area (Å²) in [5.74, 6) is -1.16. The molecule has 0 bridgehead atoms. The Labute approximate surface area is 127 Å². The van der Waals surface area contributed by atoms with Crippen LogP contribution < -0.4 is 29.1 Å². The van der Waals surface area contributed by atoms with Gasteiger partial charge in [0.15, 0.2) is 5.58 Å². The Morgan fingerprint density at radius 1 is 1.50 bits per heavy atom. The number of oxazole rings is 1. The van der Waals surface area contributed by atoms with Gasteiger partial charge in [-0.3, -0.25) is 4.79 Å². The number of benzene rings is 1. The fourth-order valence-corrected chi connectivity index (χ4v) is 2.05. The number of carbonyl (C=O) groups excluding carboxylic acids is 1. The molecule has 1 amide bonds. The van der Waals surface area contributed by atoms with Crippen LogP contribution in [0.2, 0.25) is 0 Å². The van der Waals surface area contributed by atoms with E-state index in [1.807, 2.05) is 0 Å². The van der Waals surface area contributed by atoms with Crippen molar-refractivity contribution in [2.24, 2.45) is 0 Å². The normalized spacial score (nSPS) is 14.8. The van der Waals surface area contributed by atoms with Crippen molar-refractivity contribution < 1.29 is 39.4 Å². The monoisotopic (exact) mass is 269 g/mol. The largest absolute Gasteiger partial charge is 1.00 e. The first-order valence-electron chi connectivity index (χ1n) is 5.79. The number of carbonyl (C=O) groups is 2. The van der Waals surface area contributed by atoms with Crippen molar-refractivity contribution in [3.63, 3.8) is 0 Å². The fourth-order valence-electron chi connectivity index (χ4n) is 2.05. The number of nitrogens with zero attached hydrogens (tertiary/aromatic N) is 2. The van der Waals surface area contributed by atoms with E-state index in [0.29, 0.717) is 24.2 Å². The van der Waals surface area contributed by atoms with Crippen molar-refractivity contribution in [1.82, 2.24) is 10.3 Å². The Hall–Kier alpha value is -1.97. The summed E-state index contributed by atoms with van der Waals surface area (Å²) in [5, 5.41) is 11.8. The van der Waals surface area contributed by atoms with Crippen molar-refractivity contribution >= 4 is 29.0 Å². The molecule has 2 aromatic rings. The number of fused-ring (bicyclic) bond motifs is 1. The molecule has 0 atom stereocenters. The summed E-state index contributed by atoms with van der Waals surface area (Å²) in [6.45, 7) is 1.26. The fraction of sp³-hybridized carbons (Fsp3) is 0.250. The van der Waals surface area contributed by atoms with Crippen LogP contribution in [0.25, 0.3) is 11.1 Å². The van der Waals surface area contributed by atoms with Gasteiger partial charge in [0.2, 0.25) is 5.91 Å². The zero-order valence-corrected chi connectivity index (χ0v) is 10.9. The van der Waals surface area contributed by atoms with E-state index >= 15 is 0 Å². The van der Waals surface area contributed by atoms with Gasteiger partial charge in [0, 0.05) is 13.1 Å². The summed E-state index contributed by atoms with van der Waals surface area (Å²) in [6, 6.07) is 5.00. The first-order chi connectivity index (χ1) is 9.15. The summed E-state index contributed by atoms with van der Waals surface area (Å²) in [6.07, 6.45) is 0. The van der Waals surface area contributed by atoms with Crippen LogP contribution >= 0.6 is 0 Å². The third-order valence-electron chi connectivity index (χ3n) is 2.95. The van der Waals surface area contributed by atoms with Gasteiger partial charge in [0.05, 0.1) is 5.56 Å². The van der Waals surface area contributed by atoms with Gasteiger partial charge in [-0.1, -0.05) is 6.07 Å². The van der Waals surface area contributed by atoms with Gasteiger partial charge >= 0.3 is 24.8 Å². The maximum Gasteiger partial charge on any atom is 1.00 e. The van der Waals surface area contributed by atoms with Gasteiger partial charge < -0.3 is 21.2 Å². The number of carboxylic acids is 1. The van der Waals surface area contributed by atoms with Crippen LogP contribution in [0.5, 0.6) is 0 Å². The second-order valence-corrected chi connectivity index (χ2v) is 4.23. The van der Waals surface area contributed by atoms with E-state index in [-0.39, 0.29) is 44.3 Å². The SMILES string of the molecule is O=C1CN(c2nc3c(C(=O)O)cccc3o2)CCN1.[H-].[Li+]. The number of carboxylic acid groups (broad SMARTS) is 1. The number of para-hydroxylation sites is 1. The van der Waals surface area contributed by atoms with Crippen molar-refractivity contribution in [2.75, 3.05) is 24.5 Å². The Morgan fingerprint density at radius 2 is 2.30 bits per heavy atom. The van der Waals surface area contributed by atoms with E-state index in [2.05, 4.69) is 10.3 Å². The summed E-state index contributed by atoms with van der Waals surface area (Å²) in [7, 11) is 0. The predicted molar refractivity (Wildman–Crippen MR) is 67.3 cm³/mol. The molecule has 7 nitrogen and oxygen atoms in total. The van der Waals surface area contributed by atoms with Crippen molar-refractivity contribution in [2.45, 2.75) is 0 Å². The molecule has 1 fully saturated rings. The summed E-state index contributed by atoms with van der Waals surface area (Å²) in [5.41, 5.74) is 0.797. The van der Waals surface area contributed by atoms with Crippen molar-refractivity contribution in [3.8, 4) is 0 Å². The summed E-state index contributed by atoms with van der Waals surface area (Å²) in [4.78, 5) is 28.3. The molecule has 1 aliphatic heterocycles. The minimum Gasteiger partial charge on any atom is -1.00 e. The van der Waals surface area contributed by atoms with Crippen LogP contribution in [0.3, 0.4) is 0 Å². The van der Waals surface area contributed by atoms with Crippen LogP contribution in [0, 0.1) is 0 Å². The van der Waals surface area contributed by atoms with E-state index in [4.69, 9.17) is 9.52 Å². The van der Waals surface area contributed by atoms with Gasteiger partial charge in [0.25, 0.3) is 6.01 Å². The van der Waals surface area contributed by atoms with Gasteiger partial charge in [-0.2, -0.15) is 4.98 Å². The van der Waals surface area contributed by atoms with E-state index < -0.39 is 5.97 Å². The van der Waals surface area contributed by atoms with Gasteiger partial charge in [-0.05, 0) is 12.1 Å². The molecule has 1 aliphatic rings. The molecule has 100 valence electrons. The second kappa shape index (κ2) is 5.57. The average molecular weight is 269 g/mol. The van der Waals surface area contributed by atoms with Crippen LogP contribution in [0.15, 0.2) is 22.6 Å². The minimum atomic E-state index is -1.05. The first kappa shape index (κ1) is 14.4. The Morgan fingerprint density at radius 3 is 3.00 bits per heavy atom. The molecule has 0 unspecified atom stereocenters. The predicted octanol–water partition coefficient (Wildman–Crippen LogP) is -2.42. The number of aromatic carboxylic acids is 1. The number of aromatic nitrogens is 1. The Bertz CT molecular complexity index is 676. The summed E-state index contributed by atoms with van der Waals surface area (Å²) >= 11 is 0. The standard InChI is InChI=1S/C12H11N3O4.Li.H/c16-9-6-15(5-4-13-9)12-14-10-7(11(17)18)2-1-3-8(10)19-12;;/h1-3H,4-6H2,(H,13,16)(H,17,18);;/q;+1;-1. The molecule has 0 spiro atoms. The number of hydrogen-bond donors (Lipinski definition) is 2. The zero-order valence-electron chi connectivity index (χ0n) is 11.9. The van der Waals surface area contributed by atoms with Crippen LogP contribution in [0.1, 0.15) is 11.8 Å². The molecular weight excluding hydrogens is 257 g/mol. The first-order valence-corrected chi connectivity index (χ1v) is 5.79. The average Bonchev–Trinajstić information content (AvgIpc) is 2.82. The Kier molecular flexibility index (Phi) is 4.02. The third-order valence-corrected chi connectivity index (χ3v) is 2.95. The topological polar surface area (TPSA) is 95.7 Å². The van der Waals surface area contributed by atoms with Crippen LogP contribution in [0.4, 0.5) is 6.01 Å². The molecule has 1 saturated heterocycles. The molecule has 3 rings (SSSR count). The molecule has 20 heavy (non-hydrogen) atoms. The van der Waals surface area contributed by atoms with Gasteiger partial charge in [0.1, 0.15) is 12.1 Å². The molecule has 0 radical (unpaired) electrons. The molecular formula is C12H12LiN3O4. The number of rotatable bonds is 2. The van der Waals surface area contributed by atoms with E-state index in [1.165, 1.54) is 6.07 Å². The number of nitrogens with one attached hydrogen (secondary N) is 1.